The SMILES string of the molecule is CCCN(C(=O)c1nc(C(=O)O)cs1)C(C)C. The first-order valence-corrected chi connectivity index (χ1v) is 6.35. The van der Waals surface area contributed by atoms with Crippen LogP contribution in [0.2, 0.25) is 0 Å². The molecule has 0 aromatic carbocycles. The van der Waals surface area contributed by atoms with E-state index in [4.69, 9.17) is 5.11 Å². The van der Waals surface area contributed by atoms with E-state index in [9.17, 15) is 9.59 Å². The van der Waals surface area contributed by atoms with E-state index >= 15 is 0 Å². The Balaban J connectivity index is 2.89. The fraction of sp³-hybridized carbons (Fsp3) is 0.545. The Kier molecular flexibility index (Phi) is 4.62. The Morgan fingerprint density at radius 3 is 2.59 bits per heavy atom. The van der Waals surface area contributed by atoms with Gasteiger partial charge in [-0.05, 0) is 20.3 Å². The largest absolute Gasteiger partial charge is 0.476 e. The van der Waals surface area contributed by atoms with Gasteiger partial charge in [-0.2, -0.15) is 0 Å². The van der Waals surface area contributed by atoms with Gasteiger partial charge in [0.15, 0.2) is 10.7 Å². The van der Waals surface area contributed by atoms with E-state index in [-0.39, 0.29) is 22.7 Å². The molecular formula is C11H16N2O3S. The molecule has 0 unspecified atom stereocenters. The lowest BCUT2D eigenvalue weighted by atomic mass is 10.3. The molecule has 0 bridgehead atoms. The summed E-state index contributed by atoms with van der Waals surface area (Å²) in [4.78, 5) is 28.3. The molecule has 1 aromatic heterocycles. The van der Waals surface area contributed by atoms with Crippen molar-refractivity contribution in [1.29, 1.82) is 0 Å². The van der Waals surface area contributed by atoms with Gasteiger partial charge >= 0.3 is 5.97 Å². The van der Waals surface area contributed by atoms with E-state index in [1.165, 1.54) is 5.38 Å². The molecule has 0 atom stereocenters. The summed E-state index contributed by atoms with van der Waals surface area (Å²) in [7, 11) is 0. The molecule has 94 valence electrons. The molecular weight excluding hydrogens is 240 g/mol. The summed E-state index contributed by atoms with van der Waals surface area (Å²) in [6, 6.07) is 0.0830. The number of nitrogens with zero attached hydrogens (tertiary/aromatic N) is 2. The van der Waals surface area contributed by atoms with Crippen molar-refractivity contribution < 1.29 is 14.7 Å². The van der Waals surface area contributed by atoms with E-state index in [2.05, 4.69) is 4.98 Å². The monoisotopic (exact) mass is 256 g/mol. The molecule has 1 rings (SSSR count). The number of carboxylic acids is 1. The molecule has 0 aliphatic heterocycles. The molecule has 0 aliphatic rings. The maximum Gasteiger partial charge on any atom is 0.355 e. The van der Waals surface area contributed by atoms with Crippen LogP contribution in [0.1, 0.15) is 47.5 Å². The summed E-state index contributed by atoms with van der Waals surface area (Å²) in [6.07, 6.45) is 0.862. The van der Waals surface area contributed by atoms with Crippen LogP contribution in [0, 0.1) is 0 Å². The van der Waals surface area contributed by atoms with Crippen molar-refractivity contribution in [1.82, 2.24) is 9.88 Å². The Morgan fingerprint density at radius 2 is 2.18 bits per heavy atom. The van der Waals surface area contributed by atoms with Crippen molar-refractivity contribution in [3.8, 4) is 0 Å². The van der Waals surface area contributed by atoms with E-state index in [1.54, 1.807) is 4.90 Å². The van der Waals surface area contributed by atoms with Crippen LogP contribution in [0.5, 0.6) is 0 Å². The lowest BCUT2D eigenvalue weighted by Gasteiger charge is -2.25. The Labute approximate surface area is 104 Å². The van der Waals surface area contributed by atoms with Gasteiger partial charge in [0.25, 0.3) is 5.91 Å². The predicted octanol–water partition coefficient (Wildman–Crippen LogP) is 2.10. The minimum Gasteiger partial charge on any atom is -0.476 e. The summed E-state index contributed by atoms with van der Waals surface area (Å²) in [5.74, 6) is -1.30. The number of thiazole rings is 1. The molecule has 1 aromatic rings. The summed E-state index contributed by atoms with van der Waals surface area (Å²) >= 11 is 1.07. The molecule has 17 heavy (non-hydrogen) atoms. The van der Waals surface area contributed by atoms with Gasteiger partial charge in [-0.25, -0.2) is 9.78 Å². The second kappa shape index (κ2) is 5.77. The smallest absolute Gasteiger partial charge is 0.355 e. The zero-order valence-electron chi connectivity index (χ0n) is 10.1. The van der Waals surface area contributed by atoms with Crippen molar-refractivity contribution in [2.24, 2.45) is 0 Å². The average Bonchev–Trinajstić information content (AvgIpc) is 2.73. The number of carbonyl (C=O) groups excluding carboxylic acids is 1. The standard InChI is InChI=1S/C11H16N2O3S/c1-4-5-13(7(2)3)10(14)9-12-8(6-17-9)11(15)16/h6-7H,4-5H2,1-3H3,(H,15,16). The van der Waals surface area contributed by atoms with Crippen molar-refractivity contribution in [3.63, 3.8) is 0 Å². The number of hydrogen-bond donors (Lipinski definition) is 1. The van der Waals surface area contributed by atoms with Gasteiger partial charge in [0.1, 0.15) is 0 Å². The van der Waals surface area contributed by atoms with Crippen LogP contribution in [-0.4, -0.2) is 39.5 Å². The maximum atomic E-state index is 12.1. The van der Waals surface area contributed by atoms with Gasteiger partial charge in [-0.3, -0.25) is 4.79 Å². The second-order valence-electron chi connectivity index (χ2n) is 3.94. The molecule has 0 saturated heterocycles. The molecule has 0 saturated carbocycles. The molecule has 1 N–H and O–H groups in total. The lowest BCUT2D eigenvalue weighted by Crippen LogP contribution is -2.37. The van der Waals surface area contributed by atoms with Gasteiger partial charge in [-0.1, -0.05) is 6.92 Å². The number of rotatable bonds is 5. The maximum absolute atomic E-state index is 12.1. The van der Waals surface area contributed by atoms with Gasteiger partial charge < -0.3 is 10.0 Å². The first kappa shape index (κ1) is 13.6. The van der Waals surface area contributed by atoms with Crippen LogP contribution >= 0.6 is 11.3 Å². The number of aromatic carboxylic acids is 1. The second-order valence-corrected chi connectivity index (χ2v) is 4.79. The van der Waals surface area contributed by atoms with Crippen molar-refractivity contribution in [2.75, 3.05) is 6.54 Å². The van der Waals surface area contributed by atoms with Crippen LogP contribution in [0.25, 0.3) is 0 Å². The summed E-state index contributed by atoms with van der Waals surface area (Å²) in [5, 5.41) is 10.4. The molecule has 1 heterocycles. The third-order valence-corrected chi connectivity index (χ3v) is 3.09. The van der Waals surface area contributed by atoms with Crippen LogP contribution < -0.4 is 0 Å². The molecule has 0 fully saturated rings. The van der Waals surface area contributed by atoms with E-state index in [0.29, 0.717) is 6.54 Å². The normalized spacial score (nSPS) is 10.6. The third-order valence-electron chi connectivity index (χ3n) is 2.25. The lowest BCUT2D eigenvalue weighted by molar-refractivity contribution is 0.0690. The van der Waals surface area contributed by atoms with E-state index in [0.717, 1.165) is 17.8 Å². The highest BCUT2D eigenvalue weighted by Crippen LogP contribution is 2.14. The first-order valence-electron chi connectivity index (χ1n) is 5.47. The summed E-state index contributed by atoms with van der Waals surface area (Å²) in [5.41, 5.74) is -0.0708. The van der Waals surface area contributed by atoms with Crippen LogP contribution in [0.4, 0.5) is 0 Å². The Morgan fingerprint density at radius 1 is 1.53 bits per heavy atom. The fourth-order valence-corrected chi connectivity index (χ4v) is 2.17. The molecule has 5 nitrogen and oxygen atoms in total. The minimum atomic E-state index is -1.10. The van der Waals surface area contributed by atoms with Gasteiger partial charge in [0.2, 0.25) is 0 Å². The Hall–Kier alpha value is -1.43. The highest BCUT2D eigenvalue weighted by Gasteiger charge is 2.22. The summed E-state index contributed by atoms with van der Waals surface area (Å²) < 4.78 is 0. The van der Waals surface area contributed by atoms with Crippen molar-refractivity contribution in [3.05, 3.63) is 16.1 Å². The topological polar surface area (TPSA) is 70.5 Å². The van der Waals surface area contributed by atoms with E-state index in [1.807, 2.05) is 20.8 Å². The van der Waals surface area contributed by atoms with Crippen molar-refractivity contribution in [2.45, 2.75) is 33.2 Å². The van der Waals surface area contributed by atoms with Gasteiger partial charge in [-0.15, -0.1) is 11.3 Å². The van der Waals surface area contributed by atoms with Crippen LogP contribution in [0.15, 0.2) is 5.38 Å². The number of hydrogen-bond acceptors (Lipinski definition) is 4. The van der Waals surface area contributed by atoms with Crippen LogP contribution in [0.3, 0.4) is 0 Å². The molecule has 0 aliphatic carbocycles. The Bertz CT molecular complexity index is 415. The van der Waals surface area contributed by atoms with Crippen LogP contribution in [-0.2, 0) is 0 Å². The highest BCUT2D eigenvalue weighted by molar-refractivity contribution is 7.11. The number of carboxylic acid groups (broad SMARTS) is 1. The van der Waals surface area contributed by atoms with E-state index < -0.39 is 5.97 Å². The first-order chi connectivity index (χ1) is 7.97. The zero-order valence-corrected chi connectivity index (χ0v) is 11.0. The predicted molar refractivity (Wildman–Crippen MR) is 65.5 cm³/mol. The van der Waals surface area contributed by atoms with Crippen molar-refractivity contribution >= 4 is 23.2 Å². The molecule has 6 heteroatoms. The molecule has 0 radical (unpaired) electrons. The van der Waals surface area contributed by atoms with Gasteiger partial charge in [0.05, 0.1) is 0 Å². The zero-order chi connectivity index (χ0) is 13.0. The number of carbonyl (C=O) groups is 2. The highest BCUT2D eigenvalue weighted by atomic mass is 32.1. The minimum absolute atomic E-state index is 0.0708. The number of amides is 1. The molecule has 1 amide bonds. The average molecular weight is 256 g/mol. The number of aromatic nitrogens is 1. The molecule has 0 spiro atoms. The van der Waals surface area contributed by atoms with Gasteiger partial charge in [0, 0.05) is 18.0 Å². The third kappa shape index (κ3) is 3.26. The summed E-state index contributed by atoms with van der Waals surface area (Å²) in [6.45, 7) is 6.50. The fourth-order valence-electron chi connectivity index (χ4n) is 1.43. The quantitative estimate of drug-likeness (QED) is 0.875.